The molecule has 11 nitrogen and oxygen atoms in total. The molecule has 0 bridgehead atoms. The van der Waals surface area contributed by atoms with E-state index in [2.05, 4.69) is 30.6 Å². The zero-order valence-electron chi connectivity index (χ0n) is 28.1. The molecule has 5 aromatic rings. The van der Waals surface area contributed by atoms with E-state index >= 15 is 0 Å². The average molecular weight is 765 g/mol. The summed E-state index contributed by atoms with van der Waals surface area (Å²) in [6.45, 7) is -3.35. The maximum Gasteiger partial charge on any atom is 0.407 e. The number of carboxylic acid groups (broad SMARTS) is 1. The summed E-state index contributed by atoms with van der Waals surface area (Å²) in [6.07, 6.45) is 6.54. The van der Waals surface area contributed by atoms with Crippen LogP contribution in [-0.2, 0) is 24.8 Å². The minimum Gasteiger partial charge on any atom is -0.477 e. The lowest BCUT2D eigenvalue weighted by atomic mass is 9.77. The number of rotatable bonds is 13. The lowest BCUT2D eigenvalue weighted by Gasteiger charge is -2.49. The molecule has 0 spiro atoms. The van der Waals surface area contributed by atoms with E-state index in [4.69, 9.17) is 0 Å². The Balaban J connectivity index is 1.17. The van der Waals surface area contributed by atoms with E-state index in [-0.39, 0.29) is 17.1 Å². The number of nitrogens with zero attached hydrogens (tertiary/aromatic N) is 4. The van der Waals surface area contributed by atoms with Gasteiger partial charge in [0.25, 0.3) is 11.8 Å². The van der Waals surface area contributed by atoms with Crippen molar-refractivity contribution in [2.45, 2.75) is 23.6 Å². The quantitative estimate of drug-likeness (QED) is 0.0542. The largest absolute Gasteiger partial charge is 0.477 e. The number of pyridine rings is 1. The Hall–Kier alpha value is -6.19. The molecule has 2 atom stereocenters. The Labute approximate surface area is 316 Å². The predicted octanol–water partition coefficient (Wildman–Crippen LogP) is 6.34. The standard InChI is InChI=1S/C39H30F2N6O5S2/c40-37(41)52-46-30(33(48)44-31-34(49)47-32(36(50)51)25(22-53-35(31)47)19-18-24-11-10-20-42-21-24)29-23-54-38(43-29)45-39(26-12-4-1-5-13-26,27-14-6-2-7-15-27)28-16-8-3-9-17-28/h1-21,23,31,35,37H,22H2,(H,43,45)(H,44,48)(H,50,51)/b19-18-,46-30?/t31-,35+/m1/s1. The van der Waals surface area contributed by atoms with Gasteiger partial charge in [-0.1, -0.05) is 114 Å². The number of aliphatic carboxylic acids is 1. The third-order valence-electron chi connectivity index (χ3n) is 8.75. The van der Waals surface area contributed by atoms with Crippen molar-refractivity contribution in [1.82, 2.24) is 20.2 Å². The van der Waals surface area contributed by atoms with Gasteiger partial charge in [-0.2, -0.15) is 8.78 Å². The number of benzene rings is 3. The second-order valence-electron chi connectivity index (χ2n) is 12.0. The molecule has 7 rings (SSSR count). The Morgan fingerprint density at radius 1 is 0.944 bits per heavy atom. The molecule has 0 saturated carbocycles. The number of amides is 2. The van der Waals surface area contributed by atoms with Crippen molar-refractivity contribution in [3.63, 3.8) is 0 Å². The smallest absolute Gasteiger partial charge is 0.407 e. The molecule has 2 aliphatic heterocycles. The Kier molecular flexibility index (Phi) is 10.6. The molecule has 54 heavy (non-hydrogen) atoms. The van der Waals surface area contributed by atoms with Crippen molar-refractivity contribution < 1.29 is 33.1 Å². The Bertz CT molecular complexity index is 2140. The van der Waals surface area contributed by atoms with E-state index in [9.17, 15) is 28.3 Å². The van der Waals surface area contributed by atoms with Crippen LogP contribution in [0.15, 0.2) is 143 Å². The van der Waals surface area contributed by atoms with Crippen molar-refractivity contribution in [3.05, 3.63) is 166 Å². The van der Waals surface area contributed by atoms with Crippen molar-refractivity contribution in [2.75, 3.05) is 11.1 Å². The highest BCUT2D eigenvalue weighted by molar-refractivity contribution is 8.00. The second-order valence-corrected chi connectivity index (χ2v) is 13.9. The number of fused-ring (bicyclic) bond motifs is 1. The summed E-state index contributed by atoms with van der Waals surface area (Å²) in [4.78, 5) is 53.5. The molecule has 1 saturated heterocycles. The highest BCUT2D eigenvalue weighted by Crippen LogP contribution is 2.42. The SMILES string of the molecule is O=C(O)C1=C(/C=C\c2cccnc2)CS[C@H]2[C@H](NC(=O)C(=NOC(F)F)c3csc(NC(c4ccccc4)(c4ccccc4)c4ccccc4)n3)C(=O)N12. The minimum atomic E-state index is -3.35. The summed E-state index contributed by atoms with van der Waals surface area (Å²) >= 11 is 2.37. The maximum atomic E-state index is 13.7. The first-order valence-corrected chi connectivity index (χ1v) is 18.4. The van der Waals surface area contributed by atoms with Gasteiger partial charge < -0.3 is 20.6 Å². The number of β-lactam (4-membered cyclic amide) rings is 1. The van der Waals surface area contributed by atoms with E-state index in [1.807, 2.05) is 91.0 Å². The number of oxime groups is 1. The Morgan fingerprint density at radius 2 is 1.57 bits per heavy atom. The molecule has 3 N–H and O–H groups in total. The highest BCUT2D eigenvalue weighted by atomic mass is 32.2. The van der Waals surface area contributed by atoms with Crippen LogP contribution in [0, 0.1) is 0 Å². The normalized spacial score (nSPS) is 17.3. The third kappa shape index (κ3) is 7.23. The van der Waals surface area contributed by atoms with Gasteiger partial charge in [-0.15, -0.1) is 23.1 Å². The molecule has 15 heteroatoms. The van der Waals surface area contributed by atoms with Crippen LogP contribution < -0.4 is 10.6 Å². The van der Waals surface area contributed by atoms with Crippen LogP contribution in [0.2, 0.25) is 0 Å². The van der Waals surface area contributed by atoms with Gasteiger partial charge >= 0.3 is 12.6 Å². The van der Waals surface area contributed by atoms with E-state index < -0.39 is 47.1 Å². The first-order valence-electron chi connectivity index (χ1n) is 16.5. The minimum absolute atomic E-state index is 0.0855. The molecule has 2 aliphatic rings. The molecule has 1 fully saturated rings. The first kappa shape index (κ1) is 36.2. The summed E-state index contributed by atoms with van der Waals surface area (Å²) in [5.41, 5.74) is 1.94. The van der Waals surface area contributed by atoms with Crippen molar-refractivity contribution in [2.24, 2.45) is 5.16 Å². The fraction of sp³-hybridized carbons (Fsp3) is 0.128. The number of carboxylic acids is 1. The van der Waals surface area contributed by atoms with E-state index in [1.165, 1.54) is 17.1 Å². The molecule has 0 radical (unpaired) electrons. The number of aromatic nitrogens is 2. The van der Waals surface area contributed by atoms with Crippen molar-refractivity contribution in [3.8, 4) is 0 Å². The van der Waals surface area contributed by atoms with Gasteiger partial charge in [-0.05, 0) is 33.9 Å². The summed E-state index contributed by atoms with van der Waals surface area (Å²) in [5.74, 6) is -2.77. The van der Waals surface area contributed by atoms with Crippen LogP contribution in [0.3, 0.4) is 0 Å². The molecular weight excluding hydrogens is 735 g/mol. The molecule has 3 aromatic carbocycles. The number of halogens is 2. The topological polar surface area (TPSA) is 146 Å². The van der Waals surface area contributed by atoms with E-state index in [0.29, 0.717) is 10.7 Å². The fourth-order valence-corrected chi connectivity index (χ4v) is 8.40. The molecule has 4 heterocycles. The third-order valence-corrected chi connectivity index (χ3v) is 10.8. The number of alkyl halides is 2. The van der Waals surface area contributed by atoms with Gasteiger partial charge in [-0.25, -0.2) is 9.78 Å². The monoisotopic (exact) mass is 764 g/mol. The van der Waals surface area contributed by atoms with Gasteiger partial charge in [-0.3, -0.25) is 19.5 Å². The molecule has 0 aliphatic carbocycles. The van der Waals surface area contributed by atoms with Gasteiger partial charge in [0.1, 0.15) is 28.3 Å². The molecule has 0 unspecified atom stereocenters. The zero-order valence-corrected chi connectivity index (χ0v) is 29.7. The number of allylic oxidation sites excluding steroid dienone is 1. The van der Waals surface area contributed by atoms with Crippen LogP contribution in [0.5, 0.6) is 0 Å². The van der Waals surface area contributed by atoms with Crippen LogP contribution >= 0.6 is 23.1 Å². The fourth-order valence-electron chi connectivity index (χ4n) is 6.33. The summed E-state index contributed by atoms with van der Waals surface area (Å²) in [6, 6.07) is 31.5. The summed E-state index contributed by atoms with van der Waals surface area (Å²) in [7, 11) is 0. The average Bonchev–Trinajstić information content (AvgIpc) is 3.66. The zero-order chi connectivity index (χ0) is 37.7. The van der Waals surface area contributed by atoms with E-state index in [0.717, 1.165) is 38.5 Å². The number of hydrogen-bond acceptors (Lipinski definition) is 10. The van der Waals surface area contributed by atoms with Gasteiger partial charge in [0, 0.05) is 23.5 Å². The number of nitrogens with one attached hydrogen (secondary N) is 2. The van der Waals surface area contributed by atoms with Crippen LogP contribution in [0.25, 0.3) is 6.08 Å². The lowest BCUT2D eigenvalue weighted by molar-refractivity contribution is -0.150. The Morgan fingerprint density at radius 3 is 2.13 bits per heavy atom. The van der Waals surface area contributed by atoms with E-state index in [1.54, 1.807) is 36.7 Å². The first-order chi connectivity index (χ1) is 26.3. The molecule has 2 aromatic heterocycles. The van der Waals surface area contributed by atoms with Gasteiger partial charge in [0.2, 0.25) is 0 Å². The van der Waals surface area contributed by atoms with Crippen molar-refractivity contribution >= 4 is 57.8 Å². The maximum absolute atomic E-state index is 13.7. The molecular formula is C39H30F2N6O5S2. The number of thioether (sulfide) groups is 1. The number of anilines is 1. The summed E-state index contributed by atoms with van der Waals surface area (Å²) in [5, 5.41) is 20.7. The number of thiazole rings is 1. The molecule has 272 valence electrons. The second kappa shape index (κ2) is 15.8. The summed E-state index contributed by atoms with van der Waals surface area (Å²) < 4.78 is 26.6. The van der Waals surface area contributed by atoms with Crippen LogP contribution in [0.4, 0.5) is 13.9 Å². The number of carbonyl (C=O) groups excluding carboxylic acids is 2. The van der Waals surface area contributed by atoms with Gasteiger partial charge in [0.05, 0.1) is 0 Å². The van der Waals surface area contributed by atoms with Crippen molar-refractivity contribution in [1.29, 1.82) is 0 Å². The van der Waals surface area contributed by atoms with Crippen LogP contribution in [-0.4, -0.2) is 67.2 Å². The van der Waals surface area contributed by atoms with Gasteiger partial charge in [0.15, 0.2) is 10.8 Å². The predicted molar refractivity (Wildman–Crippen MR) is 202 cm³/mol. The lowest BCUT2D eigenvalue weighted by Crippen LogP contribution is -2.71. The van der Waals surface area contributed by atoms with Crippen LogP contribution in [0.1, 0.15) is 27.9 Å². The number of carbonyl (C=O) groups is 3. The molecule has 2 amide bonds. The number of hydrogen-bond donors (Lipinski definition) is 3. The highest BCUT2D eigenvalue weighted by Gasteiger charge is 2.54.